The van der Waals surface area contributed by atoms with E-state index in [9.17, 15) is 14.4 Å². The van der Waals surface area contributed by atoms with Gasteiger partial charge in [0.15, 0.2) is 0 Å². The zero-order valence-electron chi connectivity index (χ0n) is 16.6. The SMILES string of the molecule is CC(C)C(=O)Nc1cccc(NC(=O)c2ccc(NC(=O)Nc3ccccc3)s2)c1. The number of hydrogen-bond acceptors (Lipinski definition) is 4. The molecule has 0 aliphatic carbocycles. The summed E-state index contributed by atoms with van der Waals surface area (Å²) in [6.45, 7) is 3.62. The van der Waals surface area contributed by atoms with Gasteiger partial charge in [-0.2, -0.15) is 0 Å². The van der Waals surface area contributed by atoms with Crippen molar-refractivity contribution in [2.45, 2.75) is 13.8 Å². The first kappa shape index (κ1) is 21.1. The van der Waals surface area contributed by atoms with Crippen LogP contribution in [-0.2, 0) is 4.79 Å². The lowest BCUT2D eigenvalue weighted by molar-refractivity contribution is -0.118. The van der Waals surface area contributed by atoms with Crippen LogP contribution in [0.1, 0.15) is 23.5 Å². The number of benzene rings is 2. The van der Waals surface area contributed by atoms with E-state index >= 15 is 0 Å². The van der Waals surface area contributed by atoms with Crippen molar-refractivity contribution in [1.29, 1.82) is 0 Å². The molecule has 30 heavy (non-hydrogen) atoms. The molecule has 7 nitrogen and oxygen atoms in total. The Morgan fingerprint density at radius 1 is 0.733 bits per heavy atom. The van der Waals surface area contributed by atoms with Crippen LogP contribution in [0.4, 0.5) is 26.9 Å². The van der Waals surface area contributed by atoms with E-state index in [0.717, 1.165) is 11.3 Å². The largest absolute Gasteiger partial charge is 0.326 e. The lowest BCUT2D eigenvalue weighted by Crippen LogP contribution is -2.18. The number of rotatable bonds is 6. The Kier molecular flexibility index (Phi) is 6.82. The smallest absolute Gasteiger partial charge is 0.324 e. The topological polar surface area (TPSA) is 99.3 Å². The molecule has 0 radical (unpaired) electrons. The Hall–Kier alpha value is -3.65. The van der Waals surface area contributed by atoms with Gasteiger partial charge in [0.1, 0.15) is 0 Å². The summed E-state index contributed by atoms with van der Waals surface area (Å²) in [5, 5.41) is 11.6. The molecule has 0 saturated carbocycles. The normalized spacial score (nSPS) is 10.4. The molecule has 1 heterocycles. The Balaban J connectivity index is 1.58. The minimum atomic E-state index is -0.386. The van der Waals surface area contributed by atoms with Crippen LogP contribution >= 0.6 is 11.3 Å². The molecule has 3 aromatic rings. The number of thiophene rings is 1. The highest BCUT2D eigenvalue weighted by atomic mass is 32.1. The maximum absolute atomic E-state index is 12.5. The van der Waals surface area contributed by atoms with Crippen molar-refractivity contribution in [3.63, 3.8) is 0 Å². The number of urea groups is 1. The minimum absolute atomic E-state index is 0.0961. The monoisotopic (exact) mass is 422 g/mol. The predicted molar refractivity (Wildman–Crippen MR) is 121 cm³/mol. The van der Waals surface area contributed by atoms with Gasteiger partial charge in [-0.15, -0.1) is 11.3 Å². The number of nitrogens with one attached hydrogen (secondary N) is 4. The molecule has 4 amide bonds. The molecule has 0 aliphatic rings. The molecule has 154 valence electrons. The molecule has 1 aromatic heterocycles. The molecule has 2 aromatic carbocycles. The molecule has 8 heteroatoms. The van der Waals surface area contributed by atoms with E-state index in [-0.39, 0.29) is 23.8 Å². The van der Waals surface area contributed by atoms with Crippen LogP contribution in [0.2, 0.25) is 0 Å². The maximum Gasteiger partial charge on any atom is 0.324 e. The third-order valence-electron chi connectivity index (χ3n) is 4.01. The number of carbonyl (C=O) groups excluding carboxylic acids is 3. The van der Waals surface area contributed by atoms with Crippen LogP contribution in [0.5, 0.6) is 0 Å². The maximum atomic E-state index is 12.5. The second kappa shape index (κ2) is 9.71. The first-order chi connectivity index (χ1) is 14.4. The van der Waals surface area contributed by atoms with Gasteiger partial charge in [0.2, 0.25) is 5.91 Å². The molecule has 4 N–H and O–H groups in total. The van der Waals surface area contributed by atoms with Gasteiger partial charge in [-0.1, -0.05) is 38.1 Å². The molecule has 0 aliphatic heterocycles. The van der Waals surface area contributed by atoms with Gasteiger partial charge in [0.05, 0.1) is 9.88 Å². The summed E-state index contributed by atoms with van der Waals surface area (Å²) >= 11 is 1.16. The van der Waals surface area contributed by atoms with Gasteiger partial charge < -0.3 is 16.0 Å². The Morgan fingerprint density at radius 2 is 1.40 bits per heavy atom. The minimum Gasteiger partial charge on any atom is -0.326 e. The first-order valence-electron chi connectivity index (χ1n) is 9.36. The summed E-state index contributed by atoms with van der Waals surface area (Å²) in [6, 6.07) is 18.9. The summed E-state index contributed by atoms with van der Waals surface area (Å²) in [5.41, 5.74) is 1.85. The fourth-order valence-electron chi connectivity index (χ4n) is 2.48. The van der Waals surface area contributed by atoms with Crippen molar-refractivity contribution in [2.75, 3.05) is 21.3 Å². The van der Waals surface area contributed by atoms with Gasteiger partial charge in [-0.05, 0) is 42.5 Å². The van der Waals surface area contributed by atoms with E-state index in [1.165, 1.54) is 0 Å². The number of anilines is 4. The van der Waals surface area contributed by atoms with Crippen LogP contribution in [0.3, 0.4) is 0 Å². The van der Waals surface area contributed by atoms with Crippen molar-refractivity contribution in [3.8, 4) is 0 Å². The van der Waals surface area contributed by atoms with Crippen LogP contribution in [0.15, 0.2) is 66.7 Å². The van der Waals surface area contributed by atoms with Gasteiger partial charge in [-0.25, -0.2) is 4.79 Å². The number of para-hydroxylation sites is 1. The zero-order chi connectivity index (χ0) is 21.5. The van der Waals surface area contributed by atoms with Gasteiger partial charge >= 0.3 is 6.03 Å². The second-order valence-corrected chi connectivity index (χ2v) is 7.87. The van der Waals surface area contributed by atoms with E-state index in [2.05, 4.69) is 21.3 Å². The molecule has 3 rings (SSSR count). The summed E-state index contributed by atoms with van der Waals surface area (Å²) in [5.74, 6) is -0.538. The average Bonchev–Trinajstić information content (AvgIpc) is 3.17. The zero-order valence-corrected chi connectivity index (χ0v) is 17.4. The summed E-state index contributed by atoms with van der Waals surface area (Å²) in [6.07, 6.45) is 0. The van der Waals surface area contributed by atoms with E-state index in [1.807, 2.05) is 32.0 Å². The molecule has 0 atom stereocenters. The van der Waals surface area contributed by atoms with Crippen molar-refractivity contribution in [2.24, 2.45) is 5.92 Å². The van der Waals surface area contributed by atoms with Crippen LogP contribution < -0.4 is 21.3 Å². The lowest BCUT2D eigenvalue weighted by Gasteiger charge is -2.10. The Bertz CT molecular complexity index is 1050. The fraction of sp³-hybridized carbons (Fsp3) is 0.136. The molecule has 0 saturated heterocycles. The molecule has 0 fully saturated rings. The molecule has 0 spiro atoms. The summed E-state index contributed by atoms with van der Waals surface area (Å²) in [4.78, 5) is 36.9. The Morgan fingerprint density at radius 3 is 2.10 bits per heavy atom. The number of carbonyl (C=O) groups is 3. The summed E-state index contributed by atoms with van der Waals surface area (Å²) in [7, 11) is 0. The summed E-state index contributed by atoms with van der Waals surface area (Å²) < 4.78 is 0. The number of amides is 4. The van der Waals surface area contributed by atoms with E-state index in [0.29, 0.717) is 26.9 Å². The number of hydrogen-bond donors (Lipinski definition) is 4. The van der Waals surface area contributed by atoms with E-state index < -0.39 is 0 Å². The standard InChI is InChI=1S/C22H22N4O3S/c1-14(2)20(27)23-16-9-6-10-17(13-16)24-21(28)18-11-12-19(30-18)26-22(29)25-15-7-4-3-5-8-15/h3-14H,1-2H3,(H,23,27)(H,24,28)(H2,25,26,29). The quantitative estimate of drug-likeness (QED) is 0.437. The van der Waals surface area contributed by atoms with Crippen LogP contribution in [0.25, 0.3) is 0 Å². The highest BCUT2D eigenvalue weighted by molar-refractivity contribution is 7.18. The van der Waals surface area contributed by atoms with Gasteiger partial charge in [0, 0.05) is 23.0 Å². The third kappa shape index (κ3) is 5.92. The highest BCUT2D eigenvalue weighted by Crippen LogP contribution is 2.24. The van der Waals surface area contributed by atoms with Crippen molar-refractivity contribution < 1.29 is 14.4 Å². The van der Waals surface area contributed by atoms with Crippen molar-refractivity contribution >= 4 is 51.2 Å². The lowest BCUT2D eigenvalue weighted by atomic mass is 10.2. The third-order valence-corrected chi connectivity index (χ3v) is 5.01. The van der Waals surface area contributed by atoms with Crippen molar-refractivity contribution in [1.82, 2.24) is 0 Å². The molecular formula is C22H22N4O3S. The van der Waals surface area contributed by atoms with Gasteiger partial charge in [-0.3, -0.25) is 14.9 Å². The predicted octanol–water partition coefficient (Wildman–Crippen LogP) is 5.24. The van der Waals surface area contributed by atoms with Crippen LogP contribution in [0, 0.1) is 5.92 Å². The fourth-order valence-corrected chi connectivity index (χ4v) is 3.27. The van der Waals surface area contributed by atoms with Gasteiger partial charge in [0.25, 0.3) is 5.91 Å². The van der Waals surface area contributed by atoms with Crippen molar-refractivity contribution in [3.05, 3.63) is 71.6 Å². The van der Waals surface area contributed by atoms with Crippen LogP contribution in [-0.4, -0.2) is 17.8 Å². The molecule has 0 unspecified atom stereocenters. The molecular weight excluding hydrogens is 400 g/mol. The molecule has 0 bridgehead atoms. The van der Waals surface area contributed by atoms with E-state index in [1.54, 1.807) is 48.5 Å². The first-order valence-corrected chi connectivity index (χ1v) is 10.2. The highest BCUT2D eigenvalue weighted by Gasteiger charge is 2.12. The van der Waals surface area contributed by atoms with E-state index in [4.69, 9.17) is 0 Å². The Labute approximate surface area is 178 Å². The average molecular weight is 423 g/mol. The second-order valence-electron chi connectivity index (χ2n) is 6.79.